The second-order valence-corrected chi connectivity index (χ2v) is 9.12. The van der Waals surface area contributed by atoms with E-state index in [9.17, 15) is 13.2 Å². The average molecular weight is 403 g/mol. The van der Waals surface area contributed by atoms with Crippen molar-refractivity contribution in [2.45, 2.75) is 44.7 Å². The largest absolute Gasteiger partial charge is 0.494 e. The first-order valence-corrected chi connectivity index (χ1v) is 10.8. The van der Waals surface area contributed by atoms with Crippen LogP contribution in [0.25, 0.3) is 0 Å². The molecule has 6 nitrogen and oxygen atoms in total. The Bertz CT molecular complexity index is 970. The molecule has 1 unspecified atom stereocenters. The minimum atomic E-state index is -3.64. The van der Waals surface area contributed by atoms with Crippen LogP contribution in [-0.4, -0.2) is 38.3 Å². The van der Waals surface area contributed by atoms with Gasteiger partial charge in [-0.2, -0.15) is 4.31 Å². The minimum Gasteiger partial charge on any atom is -0.494 e. The Morgan fingerprint density at radius 3 is 2.50 bits per heavy atom. The maximum atomic E-state index is 13.0. The van der Waals surface area contributed by atoms with Crippen molar-refractivity contribution < 1.29 is 17.9 Å². The molecule has 0 radical (unpaired) electrons. The highest BCUT2D eigenvalue weighted by molar-refractivity contribution is 7.89. The molecular formula is C21H26N2O4S. The summed E-state index contributed by atoms with van der Waals surface area (Å²) >= 11 is 0. The van der Waals surface area contributed by atoms with Crippen LogP contribution in [0.2, 0.25) is 0 Å². The monoisotopic (exact) mass is 402 g/mol. The zero-order chi connectivity index (χ0) is 20.5. The van der Waals surface area contributed by atoms with Crippen LogP contribution in [0.3, 0.4) is 0 Å². The van der Waals surface area contributed by atoms with Crippen LogP contribution in [0, 0.1) is 0 Å². The van der Waals surface area contributed by atoms with Crippen LogP contribution in [0.4, 0.5) is 5.69 Å². The fourth-order valence-corrected chi connectivity index (χ4v) is 4.84. The van der Waals surface area contributed by atoms with Crippen molar-refractivity contribution in [2.75, 3.05) is 18.6 Å². The lowest BCUT2D eigenvalue weighted by Gasteiger charge is -2.21. The molecule has 0 fully saturated rings. The summed E-state index contributed by atoms with van der Waals surface area (Å²) in [4.78, 5) is 13.8. The smallest absolute Gasteiger partial charge is 0.243 e. The van der Waals surface area contributed by atoms with Crippen molar-refractivity contribution in [1.29, 1.82) is 0 Å². The van der Waals surface area contributed by atoms with Crippen molar-refractivity contribution in [3.8, 4) is 5.75 Å². The summed E-state index contributed by atoms with van der Waals surface area (Å²) in [5.74, 6) is 0.731. The number of amides is 1. The molecule has 2 aromatic carbocycles. The number of hydrogen-bond acceptors (Lipinski definition) is 4. The topological polar surface area (TPSA) is 66.9 Å². The average Bonchev–Trinajstić information content (AvgIpc) is 2.98. The van der Waals surface area contributed by atoms with Gasteiger partial charge in [0.05, 0.1) is 11.5 Å². The Morgan fingerprint density at radius 2 is 1.89 bits per heavy atom. The van der Waals surface area contributed by atoms with E-state index < -0.39 is 10.0 Å². The summed E-state index contributed by atoms with van der Waals surface area (Å²) in [6, 6.07) is 12.5. The van der Waals surface area contributed by atoms with E-state index in [0.717, 1.165) is 22.6 Å². The van der Waals surface area contributed by atoms with Gasteiger partial charge in [-0.25, -0.2) is 8.42 Å². The van der Waals surface area contributed by atoms with E-state index in [0.29, 0.717) is 13.0 Å². The maximum Gasteiger partial charge on any atom is 0.243 e. The number of ether oxygens (including phenoxy) is 1. The molecule has 0 saturated carbocycles. The van der Waals surface area contributed by atoms with Crippen molar-refractivity contribution >= 4 is 21.6 Å². The molecule has 0 spiro atoms. The Kier molecular flexibility index (Phi) is 5.76. The number of sulfonamides is 1. The standard InChI is InChI=1S/C21H26N2O4S/c1-5-27-19-8-6-17(7-9-19)14-22(4)28(25,26)20-10-11-21-18(13-20)12-15(2)23(21)16(3)24/h6-11,13,15H,5,12,14H2,1-4H3. The lowest BCUT2D eigenvalue weighted by atomic mass is 10.1. The Labute approximate surface area is 166 Å². The third-order valence-electron chi connectivity index (χ3n) is 4.95. The first kappa shape index (κ1) is 20.4. The first-order chi connectivity index (χ1) is 13.2. The van der Waals surface area contributed by atoms with Crippen LogP contribution >= 0.6 is 0 Å². The highest BCUT2D eigenvalue weighted by atomic mass is 32.2. The number of hydrogen-bond donors (Lipinski definition) is 0. The fourth-order valence-electron chi connectivity index (χ4n) is 3.63. The molecule has 150 valence electrons. The summed E-state index contributed by atoms with van der Waals surface area (Å²) in [6.07, 6.45) is 0.654. The van der Waals surface area contributed by atoms with E-state index >= 15 is 0 Å². The van der Waals surface area contributed by atoms with Gasteiger partial charge in [-0.05, 0) is 61.7 Å². The quantitative estimate of drug-likeness (QED) is 0.744. The Hall–Kier alpha value is -2.38. The molecule has 0 N–H and O–H groups in total. The van der Waals surface area contributed by atoms with Gasteiger partial charge in [0.25, 0.3) is 0 Å². The predicted octanol–water partition coefficient (Wildman–Crippen LogP) is 3.20. The number of carbonyl (C=O) groups is 1. The predicted molar refractivity (Wildman–Crippen MR) is 109 cm³/mol. The SMILES string of the molecule is CCOc1ccc(CN(C)S(=O)(=O)c2ccc3c(c2)CC(C)N3C(C)=O)cc1. The summed E-state index contributed by atoms with van der Waals surface area (Å²) in [5.41, 5.74) is 2.57. The molecule has 0 bridgehead atoms. The third kappa shape index (κ3) is 3.91. The molecule has 1 aliphatic rings. The van der Waals surface area contributed by atoms with Crippen LogP contribution in [0.15, 0.2) is 47.4 Å². The summed E-state index contributed by atoms with van der Waals surface area (Å²) in [6.45, 7) is 6.27. The second kappa shape index (κ2) is 7.93. The molecule has 0 saturated heterocycles. The lowest BCUT2D eigenvalue weighted by molar-refractivity contribution is -0.116. The van der Waals surface area contributed by atoms with Gasteiger partial charge < -0.3 is 9.64 Å². The van der Waals surface area contributed by atoms with Crippen LogP contribution in [-0.2, 0) is 27.8 Å². The molecule has 0 aliphatic carbocycles. The van der Waals surface area contributed by atoms with Crippen LogP contribution < -0.4 is 9.64 Å². The van der Waals surface area contributed by atoms with Gasteiger partial charge in [0.1, 0.15) is 5.75 Å². The maximum absolute atomic E-state index is 13.0. The van der Waals surface area contributed by atoms with Gasteiger partial charge in [0.15, 0.2) is 0 Å². The van der Waals surface area contributed by atoms with E-state index in [1.807, 2.05) is 38.1 Å². The first-order valence-electron chi connectivity index (χ1n) is 9.35. The molecule has 7 heteroatoms. The zero-order valence-electron chi connectivity index (χ0n) is 16.7. The number of rotatable bonds is 6. The van der Waals surface area contributed by atoms with Crippen LogP contribution in [0.5, 0.6) is 5.75 Å². The molecule has 28 heavy (non-hydrogen) atoms. The van der Waals surface area contributed by atoms with E-state index in [1.165, 1.54) is 11.2 Å². The van der Waals surface area contributed by atoms with Gasteiger partial charge in [-0.3, -0.25) is 4.79 Å². The Morgan fingerprint density at radius 1 is 1.21 bits per heavy atom. The van der Waals surface area contributed by atoms with E-state index in [2.05, 4.69) is 0 Å². The van der Waals surface area contributed by atoms with E-state index in [1.54, 1.807) is 30.1 Å². The lowest BCUT2D eigenvalue weighted by Crippen LogP contribution is -2.33. The van der Waals surface area contributed by atoms with Gasteiger partial charge in [0, 0.05) is 32.2 Å². The van der Waals surface area contributed by atoms with Crippen LogP contribution in [0.1, 0.15) is 31.9 Å². The summed E-state index contributed by atoms with van der Waals surface area (Å²) < 4.78 is 32.8. The second-order valence-electron chi connectivity index (χ2n) is 7.07. The number of benzene rings is 2. The number of anilines is 1. The summed E-state index contributed by atoms with van der Waals surface area (Å²) in [5, 5.41) is 0. The Balaban J connectivity index is 1.81. The van der Waals surface area contributed by atoms with Gasteiger partial charge in [-0.1, -0.05) is 12.1 Å². The highest BCUT2D eigenvalue weighted by Gasteiger charge is 2.31. The summed E-state index contributed by atoms with van der Waals surface area (Å²) in [7, 11) is -2.06. The van der Waals surface area contributed by atoms with Crippen molar-refractivity contribution in [3.05, 3.63) is 53.6 Å². The molecule has 1 amide bonds. The zero-order valence-corrected chi connectivity index (χ0v) is 17.5. The van der Waals surface area contributed by atoms with Crippen molar-refractivity contribution in [2.24, 2.45) is 0 Å². The minimum absolute atomic E-state index is 0.0329. The molecule has 2 aromatic rings. The van der Waals surface area contributed by atoms with Crippen molar-refractivity contribution in [1.82, 2.24) is 4.31 Å². The fraction of sp³-hybridized carbons (Fsp3) is 0.381. The molecule has 1 atom stereocenters. The third-order valence-corrected chi connectivity index (χ3v) is 6.75. The number of carbonyl (C=O) groups excluding carboxylic acids is 1. The van der Waals surface area contributed by atoms with E-state index in [4.69, 9.17) is 4.74 Å². The molecule has 1 aliphatic heterocycles. The normalized spacial score (nSPS) is 16.3. The number of nitrogens with zero attached hydrogens (tertiary/aromatic N) is 2. The molecule has 3 rings (SSSR count). The van der Waals surface area contributed by atoms with Gasteiger partial charge >= 0.3 is 0 Å². The molecule has 1 heterocycles. The molecular weight excluding hydrogens is 376 g/mol. The number of fused-ring (bicyclic) bond motifs is 1. The molecule has 0 aromatic heterocycles. The van der Waals surface area contributed by atoms with E-state index in [-0.39, 0.29) is 23.4 Å². The van der Waals surface area contributed by atoms with Crippen molar-refractivity contribution in [3.63, 3.8) is 0 Å². The van der Waals surface area contributed by atoms with Gasteiger partial charge in [-0.15, -0.1) is 0 Å². The highest BCUT2D eigenvalue weighted by Crippen LogP contribution is 2.34. The van der Waals surface area contributed by atoms with Gasteiger partial charge in [0.2, 0.25) is 15.9 Å².